The molecule has 1 aromatic rings. The zero-order valence-corrected chi connectivity index (χ0v) is 14.8. The average molecular weight is 342 g/mol. The molecule has 0 amide bonds. The standard InChI is InChI=1S/C17H28BrNO/c1-13(2)6-5-9-20-17-8-7-16(18)10-15(17)12-19-11-14(3)4/h7-8,10,13-14,19H,5-6,9,11-12H2,1-4H3. The first-order valence-electron chi connectivity index (χ1n) is 7.61. The van der Waals surface area contributed by atoms with Crippen LogP contribution in [0.4, 0.5) is 0 Å². The van der Waals surface area contributed by atoms with Crippen molar-refractivity contribution in [3.8, 4) is 5.75 Å². The summed E-state index contributed by atoms with van der Waals surface area (Å²) in [7, 11) is 0. The van der Waals surface area contributed by atoms with Crippen LogP contribution < -0.4 is 10.1 Å². The van der Waals surface area contributed by atoms with Gasteiger partial charge in [0.2, 0.25) is 0 Å². The van der Waals surface area contributed by atoms with Gasteiger partial charge in [0.25, 0.3) is 0 Å². The summed E-state index contributed by atoms with van der Waals surface area (Å²) in [6.45, 7) is 11.6. The molecule has 0 radical (unpaired) electrons. The molecule has 1 N–H and O–H groups in total. The van der Waals surface area contributed by atoms with Crippen molar-refractivity contribution in [2.24, 2.45) is 11.8 Å². The molecule has 2 nitrogen and oxygen atoms in total. The first-order chi connectivity index (χ1) is 9.49. The van der Waals surface area contributed by atoms with Gasteiger partial charge < -0.3 is 10.1 Å². The topological polar surface area (TPSA) is 21.3 Å². The molecule has 20 heavy (non-hydrogen) atoms. The molecule has 0 unspecified atom stereocenters. The number of ether oxygens (including phenoxy) is 1. The van der Waals surface area contributed by atoms with Gasteiger partial charge in [-0.3, -0.25) is 0 Å². The predicted molar refractivity (Wildman–Crippen MR) is 90.3 cm³/mol. The molecule has 0 aromatic heterocycles. The van der Waals surface area contributed by atoms with Crippen LogP contribution in [0.25, 0.3) is 0 Å². The Labute approximate surface area is 132 Å². The van der Waals surface area contributed by atoms with Gasteiger partial charge in [-0.15, -0.1) is 0 Å². The van der Waals surface area contributed by atoms with E-state index in [-0.39, 0.29) is 0 Å². The Morgan fingerprint density at radius 2 is 1.90 bits per heavy atom. The highest BCUT2D eigenvalue weighted by Gasteiger charge is 2.05. The molecule has 0 bridgehead atoms. The molecule has 0 aliphatic carbocycles. The fraction of sp³-hybridized carbons (Fsp3) is 0.647. The van der Waals surface area contributed by atoms with Crippen molar-refractivity contribution in [2.75, 3.05) is 13.2 Å². The van der Waals surface area contributed by atoms with Crippen LogP contribution in [-0.4, -0.2) is 13.2 Å². The number of rotatable bonds is 9. The van der Waals surface area contributed by atoms with E-state index in [0.717, 1.165) is 42.3 Å². The maximum absolute atomic E-state index is 5.94. The van der Waals surface area contributed by atoms with Crippen molar-refractivity contribution in [1.29, 1.82) is 0 Å². The Bertz CT molecular complexity index is 391. The zero-order valence-electron chi connectivity index (χ0n) is 13.2. The predicted octanol–water partition coefficient (Wildman–Crippen LogP) is 5.01. The molecule has 1 rings (SSSR count). The van der Waals surface area contributed by atoms with Gasteiger partial charge in [0.15, 0.2) is 0 Å². The summed E-state index contributed by atoms with van der Waals surface area (Å²) in [6, 6.07) is 6.25. The lowest BCUT2D eigenvalue weighted by Gasteiger charge is -2.14. The first-order valence-corrected chi connectivity index (χ1v) is 8.40. The van der Waals surface area contributed by atoms with Crippen LogP contribution in [0.5, 0.6) is 5.75 Å². The van der Waals surface area contributed by atoms with Crippen molar-refractivity contribution >= 4 is 15.9 Å². The minimum atomic E-state index is 0.664. The third kappa shape index (κ3) is 7.30. The minimum Gasteiger partial charge on any atom is -0.493 e. The van der Waals surface area contributed by atoms with Gasteiger partial charge in [-0.05, 0) is 49.4 Å². The molecule has 1 aromatic carbocycles. The van der Waals surface area contributed by atoms with E-state index >= 15 is 0 Å². The summed E-state index contributed by atoms with van der Waals surface area (Å²) in [6.07, 6.45) is 2.34. The van der Waals surface area contributed by atoms with E-state index in [1.54, 1.807) is 0 Å². The molecule has 0 aliphatic heterocycles. The molecule has 114 valence electrons. The van der Waals surface area contributed by atoms with Crippen molar-refractivity contribution in [3.05, 3.63) is 28.2 Å². The van der Waals surface area contributed by atoms with E-state index in [9.17, 15) is 0 Å². The second kappa shape index (κ2) is 9.41. The van der Waals surface area contributed by atoms with Gasteiger partial charge in [-0.1, -0.05) is 43.6 Å². The van der Waals surface area contributed by atoms with Crippen molar-refractivity contribution in [1.82, 2.24) is 5.32 Å². The Morgan fingerprint density at radius 1 is 1.15 bits per heavy atom. The summed E-state index contributed by atoms with van der Waals surface area (Å²) in [5.74, 6) is 2.42. The van der Waals surface area contributed by atoms with Crippen LogP contribution in [0, 0.1) is 11.8 Å². The molecular weight excluding hydrogens is 314 g/mol. The quantitative estimate of drug-likeness (QED) is 0.637. The van der Waals surface area contributed by atoms with Crippen LogP contribution in [0.1, 0.15) is 46.1 Å². The Hall–Kier alpha value is -0.540. The number of hydrogen-bond donors (Lipinski definition) is 1. The van der Waals surface area contributed by atoms with Gasteiger partial charge in [-0.25, -0.2) is 0 Å². The zero-order chi connectivity index (χ0) is 15.0. The number of halogens is 1. The molecule has 0 spiro atoms. The normalized spacial score (nSPS) is 11.3. The summed E-state index contributed by atoms with van der Waals surface area (Å²) in [5, 5.41) is 3.48. The molecule has 0 saturated heterocycles. The maximum atomic E-state index is 5.94. The van der Waals surface area contributed by atoms with Gasteiger partial charge >= 0.3 is 0 Å². The highest BCUT2D eigenvalue weighted by molar-refractivity contribution is 9.10. The minimum absolute atomic E-state index is 0.664. The van der Waals surface area contributed by atoms with Crippen LogP contribution in [-0.2, 0) is 6.54 Å². The van der Waals surface area contributed by atoms with Crippen LogP contribution >= 0.6 is 15.9 Å². The molecule has 0 saturated carbocycles. The van der Waals surface area contributed by atoms with E-state index in [1.807, 2.05) is 6.07 Å². The van der Waals surface area contributed by atoms with Crippen molar-refractivity contribution in [2.45, 2.75) is 47.1 Å². The first kappa shape index (κ1) is 17.5. The molecule has 0 fully saturated rings. The van der Waals surface area contributed by atoms with Crippen molar-refractivity contribution < 1.29 is 4.74 Å². The monoisotopic (exact) mass is 341 g/mol. The molecule has 0 heterocycles. The fourth-order valence-corrected chi connectivity index (χ4v) is 2.40. The summed E-state index contributed by atoms with van der Waals surface area (Å²) < 4.78 is 7.04. The SMILES string of the molecule is CC(C)CCCOc1ccc(Br)cc1CNCC(C)C. The molecule has 0 aliphatic rings. The second-order valence-corrected chi connectivity index (χ2v) is 7.08. The molecule has 3 heteroatoms. The Morgan fingerprint density at radius 3 is 2.55 bits per heavy atom. The fourth-order valence-electron chi connectivity index (χ4n) is 2.00. The number of benzene rings is 1. The Kier molecular flexibility index (Phi) is 8.24. The number of nitrogens with one attached hydrogen (secondary N) is 1. The van der Waals surface area contributed by atoms with Crippen LogP contribution in [0.15, 0.2) is 22.7 Å². The largest absolute Gasteiger partial charge is 0.493 e. The summed E-state index contributed by atoms with van der Waals surface area (Å²) in [4.78, 5) is 0. The maximum Gasteiger partial charge on any atom is 0.123 e. The smallest absolute Gasteiger partial charge is 0.123 e. The van der Waals surface area contributed by atoms with E-state index in [2.05, 4.69) is 61.1 Å². The second-order valence-electron chi connectivity index (χ2n) is 6.16. The average Bonchev–Trinajstić information content (AvgIpc) is 2.36. The lowest BCUT2D eigenvalue weighted by molar-refractivity contribution is 0.294. The van der Waals surface area contributed by atoms with E-state index in [1.165, 1.54) is 12.0 Å². The van der Waals surface area contributed by atoms with Crippen LogP contribution in [0.3, 0.4) is 0 Å². The van der Waals surface area contributed by atoms with Gasteiger partial charge in [-0.2, -0.15) is 0 Å². The van der Waals surface area contributed by atoms with Gasteiger partial charge in [0.1, 0.15) is 5.75 Å². The highest BCUT2D eigenvalue weighted by Crippen LogP contribution is 2.23. The van der Waals surface area contributed by atoms with Crippen molar-refractivity contribution in [3.63, 3.8) is 0 Å². The number of hydrogen-bond acceptors (Lipinski definition) is 2. The Balaban J connectivity index is 2.51. The third-order valence-corrected chi connectivity index (χ3v) is 3.57. The third-order valence-electron chi connectivity index (χ3n) is 3.07. The van der Waals surface area contributed by atoms with E-state index in [4.69, 9.17) is 4.74 Å². The lowest BCUT2D eigenvalue weighted by Crippen LogP contribution is -2.19. The lowest BCUT2D eigenvalue weighted by atomic mass is 10.1. The highest BCUT2D eigenvalue weighted by atomic mass is 79.9. The summed E-state index contributed by atoms with van der Waals surface area (Å²) >= 11 is 3.53. The molecular formula is C17H28BrNO. The van der Waals surface area contributed by atoms with Gasteiger partial charge in [0, 0.05) is 16.6 Å². The van der Waals surface area contributed by atoms with E-state index in [0.29, 0.717) is 5.92 Å². The van der Waals surface area contributed by atoms with Crippen LogP contribution in [0.2, 0.25) is 0 Å². The van der Waals surface area contributed by atoms with E-state index < -0.39 is 0 Å². The summed E-state index contributed by atoms with van der Waals surface area (Å²) in [5.41, 5.74) is 1.23. The molecule has 0 atom stereocenters. The van der Waals surface area contributed by atoms with Gasteiger partial charge in [0.05, 0.1) is 6.61 Å².